The number of sulfonamides is 1. The molecule has 0 saturated carbocycles. The Kier molecular flexibility index (Phi) is 6.88. The fourth-order valence-electron chi connectivity index (χ4n) is 2.71. The maximum absolute atomic E-state index is 13.1. The number of rotatable bonds is 9. The molecule has 0 bridgehead atoms. The number of benzene rings is 2. The van der Waals surface area contributed by atoms with E-state index in [1.165, 1.54) is 59.6 Å². The molecule has 2 aromatic carbocycles. The molecule has 0 unspecified atom stereocenters. The summed E-state index contributed by atoms with van der Waals surface area (Å²) >= 11 is 0. The average Bonchev–Trinajstić information content (AvgIpc) is 3.24. The molecule has 1 heterocycles. The summed E-state index contributed by atoms with van der Waals surface area (Å²) in [6.45, 7) is 4.27. The van der Waals surface area contributed by atoms with Crippen molar-refractivity contribution in [1.82, 2.24) is 19.8 Å². The molecule has 1 aromatic heterocycles. The second-order valence-corrected chi connectivity index (χ2v) is 7.84. The van der Waals surface area contributed by atoms with Crippen LogP contribution in [0.3, 0.4) is 0 Å². The second-order valence-electron chi connectivity index (χ2n) is 6.16. The molecule has 0 saturated heterocycles. The van der Waals surface area contributed by atoms with Gasteiger partial charge in [0.1, 0.15) is 11.5 Å². The van der Waals surface area contributed by atoms with E-state index in [4.69, 9.17) is 9.47 Å². The lowest BCUT2D eigenvalue weighted by atomic mass is 10.3. The van der Waals surface area contributed by atoms with E-state index < -0.39 is 21.7 Å². The topological polar surface area (TPSA) is 112 Å². The van der Waals surface area contributed by atoms with Gasteiger partial charge in [-0.25, -0.2) is 17.8 Å². The number of hydrogen-bond donors (Lipinski definition) is 2. The number of ether oxygens (including phenoxy) is 2. The van der Waals surface area contributed by atoms with E-state index in [1.54, 1.807) is 13.8 Å². The fraction of sp³-hybridized carbons (Fsp3) is 0.200. The first kappa shape index (κ1) is 22.2. The highest BCUT2D eigenvalue weighted by molar-refractivity contribution is 7.89. The summed E-state index contributed by atoms with van der Waals surface area (Å²) in [5, 5.41) is 0. The van der Waals surface area contributed by atoms with Crippen LogP contribution >= 0.6 is 0 Å². The highest BCUT2D eigenvalue weighted by Crippen LogP contribution is 2.30. The van der Waals surface area contributed by atoms with Crippen LogP contribution in [0.25, 0.3) is 5.69 Å². The molecule has 0 fully saturated rings. The SMILES string of the molecule is CCOc1ccc(S(=O)(=O)NNC(=O)c2cncn2-c2ccc(F)cc2)cc1OCC. The van der Waals surface area contributed by atoms with Gasteiger partial charge in [-0.1, -0.05) is 0 Å². The quantitative estimate of drug-likeness (QED) is 0.487. The summed E-state index contributed by atoms with van der Waals surface area (Å²) in [6.07, 6.45) is 2.62. The molecule has 0 spiro atoms. The molecule has 0 aliphatic carbocycles. The molecule has 164 valence electrons. The number of halogens is 1. The van der Waals surface area contributed by atoms with E-state index in [2.05, 4.69) is 10.4 Å². The van der Waals surface area contributed by atoms with E-state index in [1.807, 2.05) is 4.83 Å². The number of hydrazine groups is 1. The fourth-order valence-corrected chi connectivity index (χ4v) is 3.56. The van der Waals surface area contributed by atoms with Gasteiger partial charge in [-0.15, -0.1) is 4.83 Å². The highest BCUT2D eigenvalue weighted by atomic mass is 32.2. The van der Waals surface area contributed by atoms with E-state index in [9.17, 15) is 17.6 Å². The minimum absolute atomic E-state index is 0.0519. The van der Waals surface area contributed by atoms with Crippen molar-refractivity contribution in [3.05, 3.63) is 66.5 Å². The van der Waals surface area contributed by atoms with Gasteiger partial charge in [0.25, 0.3) is 15.9 Å². The van der Waals surface area contributed by atoms with Gasteiger partial charge in [0, 0.05) is 11.8 Å². The third kappa shape index (κ3) is 5.19. The molecule has 0 radical (unpaired) electrons. The number of hydrogen-bond acceptors (Lipinski definition) is 6. The Morgan fingerprint density at radius 3 is 2.42 bits per heavy atom. The normalized spacial score (nSPS) is 11.2. The zero-order valence-electron chi connectivity index (χ0n) is 16.8. The van der Waals surface area contributed by atoms with Gasteiger partial charge in [0.15, 0.2) is 11.5 Å². The predicted molar refractivity (Wildman–Crippen MR) is 110 cm³/mol. The zero-order valence-corrected chi connectivity index (χ0v) is 17.6. The number of nitrogens with zero attached hydrogens (tertiary/aromatic N) is 2. The smallest absolute Gasteiger partial charge is 0.284 e. The predicted octanol–water partition coefficient (Wildman–Crippen LogP) is 2.43. The van der Waals surface area contributed by atoms with Gasteiger partial charge in [0.05, 0.1) is 30.6 Å². The van der Waals surface area contributed by atoms with Crippen molar-refractivity contribution in [1.29, 1.82) is 0 Å². The first-order valence-corrected chi connectivity index (χ1v) is 10.8. The lowest BCUT2D eigenvalue weighted by Crippen LogP contribution is -2.42. The van der Waals surface area contributed by atoms with Gasteiger partial charge in [0.2, 0.25) is 0 Å². The van der Waals surface area contributed by atoms with E-state index in [0.29, 0.717) is 24.7 Å². The highest BCUT2D eigenvalue weighted by Gasteiger charge is 2.20. The van der Waals surface area contributed by atoms with Crippen LogP contribution in [0.2, 0.25) is 0 Å². The van der Waals surface area contributed by atoms with Crippen molar-refractivity contribution in [2.75, 3.05) is 13.2 Å². The van der Waals surface area contributed by atoms with Crippen molar-refractivity contribution in [3.63, 3.8) is 0 Å². The number of imidazole rings is 1. The Hall–Kier alpha value is -3.44. The minimum atomic E-state index is -4.10. The van der Waals surface area contributed by atoms with Gasteiger partial charge >= 0.3 is 0 Å². The van der Waals surface area contributed by atoms with E-state index >= 15 is 0 Å². The molecule has 3 aromatic rings. The molecule has 11 heteroatoms. The molecule has 1 amide bonds. The van der Waals surface area contributed by atoms with Crippen LogP contribution in [0.4, 0.5) is 4.39 Å². The molecule has 0 aliphatic heterocycles. The average molecular weight is 448 g/mol. The van der Waals surface area contributed by atoms with Gasteiger partial charge in [-0.05, 0) is 50.2 Å². The van der Waals surface area contributed by atoms with Crippen LogP contribution in [0.15, 0.2) is 59.9 Å². The molecular formula is C20H21FN4O5S. The van der Waals surface area contributed by atoms with Crippen LogP contribution in [0.5, 0.6) is 11.5 Å². The monoisotopic (exact) mass is 448 g/mol. The first-order chi connectivity index (χ1) is 14.9. The second kappa shape index (κ2) is 9.58. The van der Waals surface area contributed by atoms with Crippen LogP contribution in [-0.4, -0.2) is 37.1 Å². The summed E-state index contributed by atoms with van der Waals surface area (Å²) in [5.41, 5.74) is 2.69. The van der Waals surface area contributed by atoms with Crippen LogP contribution in [-0.2, 0) is 10.0 Å². The number of nitrogens with one attached hydrogen (secondary N) is 2. The van der Waals surface area contributed by atoms with Crippen molar-refractivity contribution < 1.29 is 27.1 Å². The zero-order chi connectivity index (χ0) is 22.4. The van der Waals surface area contributed by atoms with Crippen molar-refractivity contribution in [2.45, 2.75) is 18.7 Å². The summed E-state index contributed by atoms with van der Waals surface area (Å²) < 4.78 is 50.7. The maximum Gasteiger partial charge on any atom is 0.284 e. The Balaban J connectivity index is 1.77. The summed E-state index contributed by atoms with van der Waals surface area (Å²) in [4.78, 5) is 18.4. The van der Waals surface area contributed by atoms with E-state index in [0.717, 1.165) is 0 Å². The maximum atomic E-state index is 13.1. The minimum Gasteiger partial charge on any atom is -0.490 e. The summed E-state index contributed by atoms with van der Waals surface area (Å²) in [5.74, 6) is -0.491. The Bertz CT molecular complexity index is 1160. The Morgan fingerprint density at radius 2 is 1.74 bits per heavy atom. The third-order valence-corrected chi connectivity index (χ3v) is 5.35. The molecule has 2 N–H and O–H groups in total. The molecule has 0 atom stereocenters. The molecule has 0 aliphatic rings. The van der Waals surface area contributed by atoms with Crippen molar-refractivity contribution in [3.8, 4) is 17.2 Å². The van der Waals surface area contributed by atoms with Gasteiger partial charge in [-0.2, -0.15) is 0 Å². The number of carbonyl (C=O) groups excluding carboxylic acids is 1. The number of aromatic nitrogens is 2. The summed E-state index contributed by atoms with van der Waals surface area (Å²) in [6, 6.07) is 9.54. The summed E-state index contributed by atoms with van der Waals surface area (Å²) in [7, 11) is -4.10. The van der Waals surface area contributed by atoms with Gasteiger partial charge in [-0.3, -0.25) is 14.8 Å². The molecule has 9 nitrogen and oxygen atoms in total. The lowest BCUT2D eigenvalue weighted by molar-refractivity contribution is 0.0938. The Labute approximate surface area is 178 Å². The van der Waals surface area contributed by atoms with Crippen LogP contribution in [0, 0.1) is 5.82 Å². The lowest BCUT2D eigenvalue weighted by Gasteiger charge is -2.14. The number of carbonyl (C=O) groups is 1. The Morgan fingerprint density at radius 1 is 1.06 bits per heavy atom. The van der Waals surface area contributed by atoms with Crippen molar-refractivity contribution in [2.24, 2.45) is 0 Å². The standard InChI is InChI=1S/C20H21FN4O5S/c1-3-29-18-10-9-16(11-19(18)30-4-2)31(27,28)24-23-20(26)17-12-22-13-25(17)15-7-5-14(21)6-8-15/h5-13,24H,3-4H2,1-2H3,(H,23,26). The molecule has 3 rings (SSSR count). The third-order valence-electron chi connectivity index (χ3n) is 4.10. The largest absolute Gasteiger partial charge is 0.490 e. The van der Waals surface area contributed by atoms with E-state index in [-0.39, 0.29) is 16.3 Å². The first-order valence-electron chi connectivity index (χ1n) is 9.35. The van der Waals surface area contributed by atoms with Crippen LogP contribution < -0.4 is 19.7 Å². The molecular weight excluding hydrogens is 427 g/mol. The van der Waals surface area contributed by atoms with Crippen LogP contribution in [0.1, 0.15) is 24.3 Å². The van der Waals surface area contributed by atoms with Gasteiger partial charge < -0.3 is 9.47 Å². The number of amides is 1. The molecule has 31 heavy (non-hydrogen) atoms. The van der Waals surface area contributed by atoms with Crippen molar-refractivity contribution >= 4 is 15.9 Å².